The van der Waals surface area contributed by atoms with Gasteiger partial charge in [-0.25, -0.2) is 4.98 Å². The van der Waals surface area contributed by atoms with E-state index in [1.807, 2.05) is 72.4 Å². The lowest BCUT2D eigenvalue weighted by Crippen LogP contribution is -2.10. The number of carbonyl (C=O) groups is 2. The Morgan fingerprint density at radius 3 is 2.64 bits per heavy atom. The molecule has 0 unspecified atom stereocenters. The van der Waals surface area contributed by atoms with E-state index in [0.29, 0.717) is 28.4 Å². The fourth-order valence-corrected chi connectivity index (χ4v) is 4.47. The zero-order valence-electron chi connectivity index (χ0n) is 19.5. The SMILES string of the molecule is Cn1ccnc1-c1ccc(NC(=C2C(=O)Nc3cc(Cl)ccc32)c2cccc(CCC(=O)O)c2)cc1. The molecule has 1 aliphatic heterocycles. The summed E-state index contributed by atoms with van der Waals surface area (Å²) < 4.78 is 1.95. The molecule has 7 nitrogen and oxygen atoms in total. The van der Waals surface area contributed by atoms with Crippen molar-refractivity contribution in [2.24, 2.45) is 7.05 Å². The molecule has 3 N–H and O–H groups in total. The number of nitrogens with zero attached hydrogens (tertiary/aromatic N) is 2. The van der Waals surface area contributed by atoms with Crippen molar-refractivity contribution in [3.05, 3.63) is 101 Å². The monoisotopic (exact) mass is 498 g/mol. The third-order valence-electron chi connectivity index (χ3n) is 6.05. The molecule has 2 heterocycles. The van der Waals surface area contributed by atoms with Crippen molar-refractivity contribution < 1.29 is 14.7 Å². The van der Waals surface area contributed by atoms with Crippen LogP contribution in [0.1, 0.15) is 23.1 Å². The van der Waals surface area contributed by atoms with Crippen molar-refractivity contribution in [1.29, 1.82) is 0 Å². The van der Waals surface area contributed by atoms with Crippen molar-refractivity contribution in [3.8, 4) is 11.4 Å². The lowest BCUT2D eigenvalue weighted by molar-refractivity contribution is -0.137. The number of fused-ring (bicyclic) bond motifs is 1. The van der Waals surface area contributed by atoms with E-state index in [1.165, 1.54) is 0 Å². The topological polar surface area (TPSA) is 96.3 Å². The molecule has 3 aromatic carbocycles. The van der Waals surface area contributed by atoms with Crippen molar-refractivity contribution in [2.75, 3.05) is 10.6 Å². The number of hydrogen-bond donors (Lipinski definition) is 3. The summed E-state index contributed by atoms with van der Waals surface area (Å²) in [5, 5.41) is 16.0. The van der Waals surface area contributed by atoms with Gasteiger partial charge in [-0.15, -0.1) is 0 Å². The highest BCUT2D eigenvalue weighted by atomic mass is 35.5. The van der Waals surface area contributed by atoms with E-state index < -0.39 is 5.97 Å². The first-order chi connectivity index (χ1) is 17.4. The second-order valence-electron chi connectivity index (χ2n) is 8.55. The minimum atomic E-state index is -0.856. The molecular formula is C28H23ClN4O3. The Kier molecular flexibility index (Phi) is 6.31. The summed E-state index contributed by atoms with van der Waals surface area (Å²) in [5.41, 5.74) is 5.91. The van der Waals surface area contributed by atoms with Gasteiger partial charge in [0.1, 0.15) is 5.82 Å². The standard InChI is InChI=1S/C28H23ClN4O3/c1-33-14-13-30-27(33)18-6-9-21(10-7-18)31-26(19-4-2-3-17(15-19)5-12-24(34)35)25-22-11-8-20(29)16-23(22)32-28(25)36/h2-4,6-11,13-16,31H,5,12H2,1H3,(H,32,36)(H,34,35). The molecule has 180 valence electrons. The number of nitrogens with one attached hydrogen (secondary N) is 2. The number of carbonyl (C=O) groups excluding carboxylic acids is 1. The van der Waals surface area contributed by atoms with Crippen LogP contribution in [0.5, 0.6) is 0 Å². The predicted octanol–water partition coefficient (Wildman–Crippen LogP) is 5.69. The fraction of sp³-hybridized carbons (Fsp3) is 0.107. The van der Waals surface area contributed by atoms with Crippen LogP contribution < -0.4 is 10.6 Å². The number of carboxylic acids is 1. The second kappa shape index (κ2) is 9.71. The Hall–Kier alpha value is -4.36. The van der Waals surface area contributed by atoms with E-state index in [9.17, 15) is 9.59 Å². The van der Waals surface area contributed by atoms with Crippen LogP contribution in [0.15, 0.2) is 79.1 Å². The highest BCUT2D eigenvalue weighted by Crippen LogP contribution is 2.39. The molecule has 0 saturated heterocycles. The molecule has 0 spiro atoms. The van der Waals surface area contributed by atoms with Crippen molar-refractivity contribution in [3.63, 3.8) is 0 Å². The van der Waals surface area contributed by atoms with Crippen molar-refractivity contribution in [2.45, 2.75) is 12.8 Å². The summed E-state index contributed by atoms with van der Waals surface area (Å²) in [7, 11) is 1.94. The molecule has 1 aliphatic rings. The third-order valence-corrected chi connectivity index (χ3v) is 6.29. The van der Waals surface area contributed by atoms with Crippen LogP contribution in [0.4, 0.5) is 11.4 Å². The zero-order valence-corrected chi connectivity index (χ0v) is 20.2. The van der Waals surface area contributed by atoms with E-state index in [-0.39, 0.29) is 12.3 Å². The molecule has 4 aromatic rings. The lowest BCUT2D eigenvalue weighted by atomic mass is 9.97. The molecular weight excluding hydrogens is 476 g/mol. The first kappa shape index (κ1) is 23.4. The summed E-state index contributed by atoms with van der Waals surface area (Å²) in [6.45, 7) is 0. The van der Waals surface area contributed by atoms with E-state index in [2.05, 4.69) is 15.6 Å². The Morgan fingerprint density at radius 2 is 1.92 bits per heavy atom. The number of hydrogen-bond acceptors (Lipinski definition) is 4. The minimum absolute atomic E-state index is 0.0270. The van der Waals surface area contributed by atoms with Crippen molar-refractivity contribution in [1.82, 2.24) is 9.55 Å². The highest BCUT2D eigenvalue weighted by molar-refractivity contribution is 6.38. The van der Waals surface area contributed by atoms with Gasteiger partial charge in [-0.05, 0) is 60.0 Å². The number of halogens is 1. The van der Waals surface area contributed by atoms with Crippen LogP contribution in [0.2, 0.25) is 5.02 Å². The quantitative estimate of drug-likeness (QED) is 0.284. The Balaban J connectivity index is 1.58. The molecule has 1 aromatic heterocycles. The number of imidazole rings is 1. The van der Waals surface area contributed by atoms with Gasteiger partial charge in [0.25, 0.3) is 5.91 Å². The maximum atomic E-state index is 13.2. The molecule has 0 aliphatic carbocycles. The number of aromatic nitrogens is 2. The summed E-state index contributed by atoms with van der Waals surface area (Å²) in [6, 6.07) is 20.7. The molecule has 0 bridgehead atoms. The molecule has 0 radical (unpaired) electrons. The number of benzene rings is 3. The van der Waals surface area contributed by atoms with Gasteiger partial charge in [-0.2, -0.15) is 0 Å². The molecule has 36 heavy (non-hydrogen) atoms. The van der Waals surface area contributed by atoms with Gasteiger partial charge in [0.05, 0.1) is 17.0 Å². The third kappa shape index (κ3) is 4.74. The molecule has 0 fully saturated rings. The predicted molar refractivity (Wildman–Crippen MR) is 142 cm³/mol. The second-order valence-corrected chi connectivity index (χ2v) is 8.99. The van der Waals surface area contributed by atoms with Crippen LogP contribution >= 0.6 is 11.6 Å². The van der Waals surface area contributed by atoms with E-state index in [1.54, 1.807) is 18.3 Å². The van der Waals surface area contributed by atoms with Gasteiger partial charge in [0, 0.05) is 47.7 Å². The smallest absolute Gasteiger partial charge is 0.303 e. The Morgan fingerprint density at radius 1 is 1.11 bits per heavy atom. The van der Waals surface area contributed by atoms with Crippen LogP contribution in [-0.2, 0) is 23.1 Å². The van der Waals surface area contributed by atoms with Gasteiger partial charge in [-0.1, -0.05) is 35.9 Å². The van der Waals surface area contributed by atoms with Gasteiger partial charge in [0.2, 0.25) is 0 Å². The molecule has 1 amide bonds. The summed E-state index contributed by atoms with van der Waals surface area (Å²) in [4.78, 5) is 28.6. The maximum Gasteiger partial charge on any atom is 0.303 e. The normalized spacial score (nSPS) is 13.8. The van der Waals surface area contributed by atoms with Gasteiger partial charge >= 0.3 is 5.97 Å². The number of carboxylic acid groups (broad SMARTS) is 1. The maximum absolute atomic E-state index is 13.2. The number of aryl methyl sites for hydroxylation is 2. The number of anilines is 2. The first-order valence-corrected chi connectivity index (χ1v) is 11.8. The number of aliphatic carboxylic acids is 1. The number of rotatable bonds is 7. The van der Waals surface area contributed by atoms with Crippen molar-refractivity contribution >= 4 is 46.1 Å². The van der Waals surface area contributed by atoms with E-state index in [0.717, 1.165) is 33.8 Å². The van der Waals surface area contributed by atoms with E-state index >= 15 is 0 Å². The summed E-state index contributed by atoms with van der Waals surface area (Å²) in [5.74, 6) is -0.242. The first-order valence-electron chi connectivity index (χ1n) is 11.4. The van der Waals surface area contributed by atoms with Gasteiger partial charge in [-0.3, -0.25) is 9.59 Å². The Bertz CT molecular complexity index is 1510. The lowest BCUT2D eigenvalue weighted by Gasteiger charge is -2.16. The average molecular weight is 499 g/mol. The van der Waals surface area contributed by atoms with Crippen LogP contribution in [0.3, 0.4) is 0 Å². The molecule has 0 saturated carbocycles. The largest absolute Gasteiger partial charge is 0.481 e. The fourth-order valence-electron chi connectivity index (χ4n) is 4.30. The van der Waals surface area contributed by atoms with Crippen LogP contribution in [0, 0.1) is 0 Å². The number of amides is 1. The van der Waals surface area contributed by atoms with Crippen LogP contribution in [0.25, 0.3) is 22.7 Å². The molecule has 8 heteroatoms. The molecule has 0 atom stereocenters. The van der Waals surface area contributed by atoms with Gasteiger partial charge < -0.3 is 20.3 Å². The zero-order chi connectivity index (χ0) is 25.2. The molecule has 5 rings (SSSR count). The Labute approximate surface area is 213 Å². The van der Waals surface area contributed by atoms with Crippen LogP contribution in [-0.4, -0.2) is 26.5 Å². The average Bonchev–Trinajstić information content (AvgIpc) is 3.43. The highest BCUT2D eigenvalue weighted by Gasteiger charge is 2.28. The van der Waals surface area contributed by atoms with E-state index in [4.69, 9.17) is 16.7 Å². The summed E-state index contributed by atoms with van der Waals surface area (Å²) >= 11 is 6.16. The summed E-state index contributed by atoms with van der Waals surface area (Å²) in [6.07, 6.45) is 4.06. The minimum Gasteiger partial charge on any atom is -0.481 e. The van der Waals surface area contributed by atoms with Gasteiger partial charge in [0.15, 0.2) is 0 Å².